The van der Waals surface area contributed by atoms with Crippen LogP contribution in [-0.4, -0.2) is 46.2 Å². The number of aliphatic hydroxyl groups excluding tert-OH is 1. The lowest BCUT2D eigenvalue weighted by Gasteiger charge is -2.29. The second-order valence-electron chi connectivity index (χ2n) is 9.69. The van der Waals surface area contributed by atoms with Crippen LogP contribution in [0.25, 0.3) is 22.3 Å². The summed E-state index contributed by atoms with van der Waals surface area (Å²) in [5.74, 6) is 0. The predicted molar refractivity (Wildman–Crippen MR) is 124 cm³/mol. The first-order valence-electron chi connectivity index (χ1n) is 11.3. The molecule has 0 amide bonds. The number of ether oxygens (including phenoxy) is 1. The lowest BCUT2D eigenvalue weighted by atomic mass is 9.76. The molecule has 0 bridgehead atoms. The van der Waals surface area contributed by atoms with Gasteiger partial charge in [0.15, 0.2) is 0 Å². The molecule has 164 valence electrons. The van der Waals surface area contributed by atoms with Gasteiger partial charge in [0.05, 0.1) is 18.4 Å². The molecule has 1 unspecified atom stereocenters. The summed E-state index contributed by atoms with van der Waals surface area (Å²) < 4.78 is 5.83. The highest BCUT2D eigenvalue weighted by Gasteiger charge is 2.29. The van der Waals surface area contributed by atoms with E-state index in [0.29, 0.717) is 12.0 Å². The number of fused-ring (bicyclic) bond motifs is 2. The Morgan fingerprint density at radius 1 is 1.35 bits per heavy atom. The van der Waals surface area contributed by atoms with E-state index >= 15 is 0 Å². The number of hydrogen-bond donors (Lipinski definition) is 3. The maximum absolute atomic E-state index is 9.64. The largest absolute Gasteiger partial charge is 0.395 e. The summed E-state index contributed by atoms with van der Waals surface area (Å²) in [6.07, 6.45) is 5.35. The molecular formula is C25H32N4O2. The number of aromatic amines is 2. The Hall–Kier alpha value is -2.57. The van der Waals surface area contributed by atoms with Crippen molar-refractivity contribution in [2.45, 2.75) is 52.1 Å². The number of nitrogens with one attached hydrogen (secondary N) is 2. The van der Waals surface area contributed by atoms with Crippen molar-refractivity contribution < 1.29 is 9.84 Å². The van der Waals surface area contributed by atoms with Crippen molar-refractivity contribution in [3.63, 3.8) is 0 Å². The summed E-state index contributed by atoms with van der Waals surface area (Å²) in [6.45, 7) is 10.3. The van der Waals surface area contributed by atoms with Gasteiger partial charge < -0.3 is 19.7 Å². The second kappa shape index (κ2) is 7.84. The first-order valence-corrected chi connectivity index (χ1v) is 11.3. The molecular weight excluding hydrogens is 388 g/mol. The average Bonchev–Trinajstić information content (AvgIpc) is 3.48. The van der Waals surface area contributed by atoms with E-state index in [2.05, 4.69) is 64.8 Å². The van der Waals surface area contributed by atoms with Crippen LogP contribution >= 0.6 is 0 Å². The Kier molecular flexibility index (Phi) is 5.15. The highest BCUT2D eigenvalue weighted by Crippen LogP contribution is 2.38. The van der Waals surface area contributed by atoms with Gasteiger partial charge in [-0.3, -0.25) is 5.10 Å². The molecule has 1 aliphatic heterocycles. The van der Waals surface area contributed by atoms with Gasteiger partial charge in [-0.2, -0.15) is 5.10 Å². The maximum atomic E-state index is 9.64. The van der Waals surface area contributed by atoms with Gasteiger partial charge in [-0.1, -0.05) is 26.5 Å². The van der Waals surface area contributed by atoms with Crippen LogP contribution in [0, 0.1) is 5.41 Å². The van der Waals surface area contributed by atoms with E-state index in [-0.39, 0.29) is 12.7 Å². The molecule has 0 spiro atoms. The van der Waals surface area contributed by atoms with Crippen LogP contribution < -0.4 is 4.90 Å². The van der Waals surface area contributed by atoms with E-state index in [4.69, 9.17) is 4.74 Å². The maximum Gasteiger partial charge on any atom is 0.112 e. The van der Waals surface area contributed by atoms with Crippen molar-refractivity contribution >= 4 is 16.6 Å². The molecule has 2 aliphatic rings. The summed E-state index contributed by atoms with van der Waals surface area (Å²) in [5, 5.41) is 18.7. The highest BCUT2D eigenvalue weighted by molar-refractivity contribution is 5.88. The van der Waals surface area contributed by atoms with Gasteiger partial charge >= 0.3 is 0 Å². The Bertz CT molecular complexity index is 1100. The molecule has 2 aromatic heterocycles. The number of anilines is 1. The first-order chi connectivity index (χ1) is 14.9. The molecule has 3 aromatic rings. The standard InChI is InChI=1S/C25H32N4O2/c1-16(23-5-4-12-31-23)29(10-11-30)18-7-6-17-13-21(26-20(17)14-18)24-19-8-9-25(2,3)15-22(19)27-28-24/h6-7,13-14,23,26,30H,1,4-5,8-12,15H2,2-3H3,(H,27,28). The monoisotopic (exact) mass is 420 g/mol. The molecule has 1 fully saturated rings. The van der Waals surface area contributed by atoms with E-state index in [0.717, 1.165) is 66.0 Å². The summed E-state index contributed by atoms with van der Waals surface area (Å²) in [7, 11) is 0. The Morgan fingerprint density at radius 2 is 2.23 bits per heavy atom. The van der Waals surface area contributed by atoms with Crippen molar-refractivity contribution in [1.29, 1.82) is 0 Å². The molecule has 1 aromatic carbocycles. The number of benzene rings is 1. The van der Waals surface area contributed by atoms with Gasteiger partial charge in [-0.15, -0.1) is 0 Å². The first kappa shape index (κ1) is 20.3. The molecule has 0 saturated carbocycles. The lowest BCUT2D eigenvalue weighted by molar-refractivity contribution is 0.134. The van der Waals surface area contributed by atoms with Gasteiger partial charge in [-0.25, -0.2) is 0 Å². The molecule has 3 N–H and O–H groups in total. The Labute approximate surface area is 183 Å². The van der Waals surface area contributed by atoms with E-state index in [9.17, 15) is 5.11 Å². The van der Waals surface area contributed by atoms with Gasteiger partial charge in [0.25, 0.3) is 0 Å². The summed E-state index contributed by atoms with van der Waals surface area (Å²) in [5.41, 5.74) is 8.03. The van der Waals surface area contributed by atoms with Crippen molar-refractivity contribution in [2.75, 3.05) is 24.7 Å². The topological polar surface area (TPSA) is 77.2 Å². The third-order valence-electron chi connectivity index (χ3n) is 6.80. The fraction of sp³-hybridized carbons (Fsp3) is 0.480. The van der Waals surface area contributed by atoms with E-state index in [1.165, 1.54) is 17.7 Å². The van der Waals surface area contributed by atoms with Crippen LogP contribution in [-0.2, 0) is 17.6 Å². The number of aliphatic hydroxyl groups is 1. The van der Waals surface area contributed by atoms with Crippen LogP contribution in [0.15, 0.2) is 36.5 Å². The smallest absolute Gasteiger partial charge is 0.112 e. The van der Waals surface area contributed by atoms with Crippen LogP contribution in [0.4, 0.5) is 5.69 Å². The molecule has 0 radical (unpaired) electrons. The van der Waals surface area contributed by atoms with Gasteiger partial charge in [0.1, 0.15) is 5.69 Å². The number of aromatic nitrogens is 3. The summed E-state index contributed by atoms with van der Waals surface area (Å²) >= 11 is 0. The van der Waals surface area contributed by atoms with E-state index < -0.39 is 0 Å². The third kappa shape index (κ3) is 3.79. The zero-order valence-electron chi connectivity index (χ0n) is 18.5. The highest BCUT2D eigenvalue weighted by atomic mass is 16.5. The Balaban J connectivity index is 1.46. The molecule has 1 atom stereocenters. The van der Waals surface area contributed by atoms with Crippen molar-refractivity contribution in [3.8, 4) is 11.4 Å². The molecule has 1 saturated heterocycles. The van der Waals surface area contributed by atoms with Gasteiger partial charge in [0.2, 0.25) is 0 Å². The van der Waals surface area contributed by atoms with E-state index in [1.54, 1.807) is 0 Å². The normalized spacial score (nSPS) is 20.2. The summed E-state index contributed by atoms with van der Waals surface area (Å²) in [4.78, 5) is 5.66. The molecule has 6 heteroatoms. The van der Waals surface area contributed by atoms with Crippen molar-refractivity contribution in [2.24, 2.45) is 5.41 Å². The number of hydrogen-bond acceptors (Lipinski definition) is 4. The molecule has 3 heterocycles. The van der Waals surface area contributed by atoms with Crippen LogP contribution in [0.5, 0.6) is 0 Å². The minimum Gasteiger partial charge on any atom is -0.395 e. The average molecular weight is 421 g/mol. The molecule has 6 nitrogen and oxygen atoms in total. The number of rotatable bonds is 6. The number of nitrogens with zero attached hydrogens (tertiary/aromatic N) is 2. The third-order valence-corrected chi connectivity index (χ3v) is 6.80. The minimum atomic E-state index is 0.0290. The number of H-pyrrole nitrogens is 2. The Morgan fingerprint density at radius 3 is 3.00 bits per heavy atom. The van der Waals surface area contributed by atoms with E-state index in [1.807, 2.05) is 0 Å². The summed E-state index contributed by atoms with van der Waals surface area (Å²) in [6, 6.07) is 8.54. The zero-order valence-corrected chi connectivity index (χ0v) is 18.5. The fourth-order valence-corrected chi connectivity index (χ4v) is 5.03. The molecule has 1 aliphatic carbocycles. The lowest BCUT2D eigenvalue weighted by Crippen LogP contribution is -2.31. The SMILES string of the molecule is C=C(C1CCCO1)N(CCO)c1ccc2cc(-c3n[nH]c4c3CCC(C)(C)C4)[nH]c2c1. The van der Waals surface area contributed by atoms with Crippen molar-refractivity contribution in [1.82, 2.24) is 15.2 Å². The zero-order chi connectivity index (χ0) is 21.6. The van der Waals surface area contributed by atoms with Gasteiger partial charge in [-0.05, 0) is 55.7 Å². The van der Waals surface area contributed by atoms with Crippen molar-refractivity contribution in [3.05, 3.63) is 47.8 Å². The molecule has 31 heavy (non-hydrogen) atoms. The minimum absolute atomic E-state index is 0.0290. The fourth-order valence-electron chi connectivity index (χ4n) is 5.03. The quantitative estimate of drug-likeness (QED) is 0.546. The predicted octanol–water partition coefficient (Wildman–Crippen LogP) is 4.56. The van der Waals surface area contributed by atoms with Gasteiger partial charge in [0, 0.05) is 46.7 Å². The second-order valence-corrected chi connectivity index (χ2v) is 9.69. The molecule has 5 rings (SSSR count). The van der Waals surface area contributed by atoms with Crippen LogP contribution in [0.2, 0.25) is 0 Å². The van der Waals surface area contributed by atoms with Crippen LogP contribution in [0.1, 0.15) is 44.4 Å². The van der Waals surface area contributed by atoms with Crippen LogP contribution in [0.3, 0.4) is 0 Å².